The van der Waals surface area contributed by atoms with Crippen LogP contribution in [0.25, 0.3) is 0 Å². The second kappa shape index (κ2) is 3.78. The van der Waals surface area contributed by atoms with Crippen LogP contribution in [0.1, 0.15) is 11.5 Å². The SMILES string of the molecule is OC1NNC2NCC(c3ccc(F)cc3)C12. The number of nitrogens with one attached hydrogen (secondary N) is 3. The normalized spacial score (nSPS) is 37.6. The van der Waals surface area contributed by atoms with Gasteiger partial charge in [0.25, 0.3) is 0 Å². The van der Waals surface area contributed by atoms with Gasteiger partial charge in [-0.25, -0.2) is 15.2 Å². The number of hydrogen-bond donors (Lipinski definition) is 4. The Kier molecular flexibility index (Phi) is 2.40. The van der Waals surface area contributed by atoms with E-state index in [2.05, 4.69) is 16.2 Å². The highest BCUT2D eigenvalue weighted by atomic mass is 19.1. The molecule has 2 aliphatic heterocycles. The van der Waals surface area contributed by atoms with E-state index < -0.39 is 6.23 Å². The predicted octanol–water partition coefficient (Wildman–Crippen LogP) is -0.119. The van der Waals surface area contributed by atoms with Crippen LogP contribution >= 0.6 is 0 Å². The lowest BCUT2D eigenvalue weighted by Gasteiger charge is -2.19. The second-order valence-corrected chi connectivity index (χ2v) is 4.35. The highest BCUT2D eigenvalue weighted by Crippen LogP contribution is 2.34. The standard InChI is InChI=1S/C11H14FN3O/c12-7-3-1-6(2-4-7)8-5-13-10-9(8)11(16)15-14-10/h1-4,8-11,13-16H,5H2. The Balaban J connectivity index is 1.87. The first-order valence-corrected chi connectivity index (χ1v) is 5.44. The molecule has 0 saturated carbocycles. The first-order chi connectivity index (χ1) is 7.75. The lowest BCUT2D eigenvalue weighted by Crippen LogP contribution is -2.40. The first-order valence-electron chi connectivity index (χ1n) is 5.44. The summed E-state index contributed by atoms with van der Waals surface area (Å²) in [5, 5.41) is 13.1. The Morgan fingerprint density at radius 1 is 1.19 bits per heavy atom. The molecule has 4 unspecified atom stereocenters. The van der Waals surface area contributed by atoms with Crippen LogP contribution in [0.5, 0.6) is 0 Å². The number of aliphatic hydroxyl groups excluding tert-OH is 1. The minimum Gasteiger partial charge on any atom is -0.377 e. The summed E-state index contributed by atoms with van der Waals surface area (Å²) in [6, 6.07) is 6.50. The molecule has 2 heterocycles. The van der Waals surface area contributed by atoms with Gasteiger partial charge >= 0.3 is 0 Å². The van der Waals surface area contributed by atoms with Crippen molar-refractivity contribution in [2.75, 3.05) is 6.54 Å². The molecule has 3 rings (SSSR count). The van der Waals surface area contributed by atoms with Crippen LogP contribution in [0.4, 0.5) is 4.39 Å². The quantitative estimate of drug-likeness (QED) is 0.536. The van der Waals surface area contributed by atoms with Crippen LogP contribution in [0.3, 0.4) is 0 Å². The third-order valence-corrected chi connectivity index (χ3v) is 3.46. The average Bonchev–Trinajstić information content (AvgIpc) is 2.84. The van der Waals surface area contributed by atoms with Crippen molar-refractivity contribution in [3.05, 3.63) is 35.6 Å². The van der Waals surface area contributed by atoms with Gasteiger partial charge < -0.3 is 5.11 Å². The Morgan fingerprint density at radius 3 is 2.69 bits per heavy atom. The van der Waals surface area contributed by atoms with Gasteiger partial charge in [-0.1, -0.05) is 12.1 Å². The van der Waals surface area contributed by atoms with Gasteiger partial charge in [-0.3, -0.25) is 5.32 Å². The number of hydrazine groups is 1. The number of halogens is 1. The Bertz CT molecular complexity index is 383. The zero-order valence-electron chi connectivity index (χ0n) is 8.65. The summed E-state index contributed by atoms with van der Waals surface area (Å²) < 4.78 is 12.8. The van der Waals surface area contributed by atoms with Gasteiger partial charge in [0.1, 0.15) is 12.0 Å². The monoisotopic (exact) mass is 223 g/mol. The fraction of sp³-hybridized carbons (Fsp3) is 0.455. The summed E-state index contributed by atoms with van der Waals surface area (Å²) in [6.07, 6.45) is -0.472. The van der Waals surface area contributed by atoms with Crippen LogP contribution in [-0.4, -0.2) is 24.0 Å². The zero-order chi connectivity index (χ0) is 11.1. The van der Waals surface area contributed by atoms with E-state index in [0.717, 1.165) is 12.1 Å². The molecule has 0 aromatic heterocycles. The number of benzene rings is 1. The average molecular weight is 223 g/mol. The van der Waals surface area contributed by atoms with E-state index in [-0.39, 0.29) is 23.8 Å². The fourth-order valence-corrected chi connectivity index (χ4v) is 2.63. The maximum absolute atomic E-state index is 12.8. The van der Waals surface area contributed by atoms with Crippen molar-refractivity contribution in [3.8, 4) is 0 Å². The third-order valence-electron chi connectivity index (χ3n) is 3.46. The summed E-state index contributed by atoms with van der Waals surface area (Å²) in [7, 11) is 0. The molecule has 0 bridgehead atoms. The largest absolute Gasteiger partial charge is 0.377 e. The Hall–Kier alpha value is -1.01. The zero-order valence-corrected chi connectivity index (χ0v) is 8.65. The van der Waals surface area contributed by atoms with Gasteiger partial charge in [-0.15, -0.1) is 0 Å². The predicted molar refractivity (Wildman–Crippen MR) is 56.7 cm³/mol. The first kappa shape index (κ1) is 10.2. The molecular formula is C11H14FN3O. The molecule has 2 saturated heterocycles. The number of hydrogen-bond acceptors (Lipinski definition) is 4. The molecular weight excluding hydrogens is 209 g/mol. The Morgan fingerprint density at radius 2 is 1.94 bits per heavy atom. The highest BCUT2D eigenvalue weighted by Gasteiger charge is 2.45. The van der Waals surface area contributed by atoms with Crippen molar-refractivity contribution in [1.82, 2.24) is 16.2 Å². The molecule has 4 nitrogen and oxygen atoms in total. The van der Waals surface area contributed by atoms with Crippen LogP contribution in [0.2, 0.25) is 0 Å². The van der Waals surface area contributed by atoms with Gasteiger partial charge in [-0.05, 0) is 17.7 Å². The van der Waals surface area contributed by atoms with E-state index >= 15 is 0 Å². The van der Waals surface area contributed by atoms with Gasteiger partial charge in [-0.2, -0.15) is 0 Å². The van der Waals surface area contributed by atoms with Crippen LogP contribution in [0.15, 0.2) is 24.3 Å². The van der Waals surface area contributed by atoms with Crippen molar-refractivity contribution < 1.29 is 9.50 Å². The van der Waals surface area contributed by atoms with Crippen molar-refractivity contribution in [3.63, 3.8) is 0 Å². The topological polar surface area (TPSA) is 56.3 Å². The molecule has 2 aliphatic rings. The molecule has 0 amide bonds. The molecule has 16 heavy (non-hydrogen) atoms. The van der Waals surface area contributed by atoms with E-state index in [0.29, 0.717) is 0 Å². The molecule has 4 N–H and O–H groups in total. The molecule has 4 atom stereocenters. The Labute approximate surface area is 92.8 Å². The maximum atomic E-state index is 12.8. The van der Waals surface area contributed by atoms with Gasteiger partial charge in [0.2, 0.25) is 0 Å². The van der Waals surface area contributed by atoms with Crippen LogP contribution in [-0.2, 0) is 0 Å². The number of aliphatic hydroxyl groups is 1. The summed E-state index contributed by atoms with van der Waals surface area (Å²) in [6.45, 7) is 0.798. The van der Waals surface area contributed by atoms with Crippen molar-refractivity contribution >= 4 is 0 Å². The summed E-state index contributed by atoms with van der Waals surface area (Å²) >= 11 is 0. The summed E-state index contributed by atoms with van der Waals surface area (Å²) in [5.74, 6) is 0.0723. The smallest absolute Gasteiger partial charge is 0.123 e. The van der Waals surface area contributed by atoms with Gasteiger partial charge in [0, 0.05) is 18.4 Å². The summed E-state index contributed by atoms with van der Waals surface area (Å²) in [4.78, 5) is 0. The van der Waals surface area contributed by atoms with E-state index in [9.17, 15) is 9.50 Å². The third kappa shape index (κ3) is 1.53. The van der Waals surface area contributed by atoms with Crippen molar-refractivity contribution in [2.45, 2.75) is 18.3 Å². The van der Waals surface area contributed by atoms with E-state index in [1.54, 1.807) is 12.1 Å². The lowest BCUT2D eigenvalue weighted by molar-refractivity contribution is 0.102. The molecule has 0 spiro atoms. The molecule has 86 valence electrons. The van der Waals surface area contributed by atoms with Crippen LogP contribution in [0, 0.1) is 11.7 Å². The fourth-order valence-electron chi connectivity index (χ4n) is 2.63. The van der Waals surface area contributed by atoms with Crippen LogP contribution < -0.4 is 16.2 Å². The highest BCUT2D eigenvalue weighted by molar-refractivity contribution is 5.24. The van der Waals surface area contributed by atoms with Gasteiger partial charge in [0.15, 0.2) is 0 Å². The number of rotatable bonds is 1. The van der Waals surface area contributed by atoms with Crippen molar-refractivity contribution in [2.24, 2.45) is 5.92 Å². The van der Waals surface area contributed by atoms with Gasteiger partial charge in [0.05, 0.1) is 6.17 Å². The van der Waals surface area contributed by atoms with Crippen molar-refractivity contribution in [1.29, 1.82) is 0 Å². The lowest BCUT2D eigenvalue weighted by atomic mass is 9.87. The molecule has 1 aromatic rings. The van der Waals surface area contributed by atoms with E-state index in [1.807, 2.05) is 0 Å². The molecule has 0 aliphatic carbocycles. The summed E-state index contributed by atoms with van der Waals surface area (Å²) in [5.41, 5.74) is 6.86. The number of fused-ring (bicyclic) bond motifs is 1. The molecule has 5 heteroatoms. The van der Waals surface area contributed by atoms with E-state index in [4.69, 9.17) is 0 Å². The maximum Gasteiger partial charge on any atom is 0.123 e. The minimum atomic E-state index is -0.560. The minimum absolute atomic E-state index is 0.0880. The molecule has 1 aromatic carbocycles. The molecule has 0 radical (unpaired) electrons. The van der Waals surface area contributed by atoms with E-state index in [1.165, 1.54) is 12.1 Å². The molecule has 2 fully saturated rings. The second-order valence-electron chi connectivity index (χ2n) is 4.35.